The summed E-state index contributed by atoms with van der Waals surface area (Å²) in [5.74, 6) is 1.73. The predicted molar refractivity (Wildman–Crippen MR) is 122 cm³/mol. The number of aryl methyl sites for hydroxylation is 1. The van der Waals surface area contributed by atoms with Gasteiger partial charge in [0.05, 0.1) is 19.8 Å². The topological polar surface area (TPSA) is 57.9 Å². The molecule has 31 heavy (non-hydrogen) atoms. The standard InChI is InChI=1S/C25H21ClO5/c1-15-19-10-9-18(30-14-17-6-4-5-7-20(17)26)13-22(19)31-25(27)24(15)16-8-11-21(28-2)23(12-16)29-3/h4-13H,14H2,1-3H3. The molecule has 0 atom stereocenters. The number of fused-ring (bicyclic) bond motifs is 1. The minimum atomic E-state index is -0.430. The molecule has 0 radical (unpaired) electrons. The van der Waals surface area contributed by atoms with Gasteiger partial charge < -0.3 is 18.6 Å². The molecule has 5 nitrogen and oxygen atoms in total. The van der Waals surface area contributed by atoms with Gasteiger partial charge in [-0.2, -0.15) is 0 Å². The van der Waals surface area contributed by atoms with Crippen LogP contribution in [-0.2, 0) is 6.61 Å². The van der Waals surface area contributed by atoms with Crippen LogP contribution in [0.25, 0.3) is 22.1 Å². The summed E-state index contributed by atoms with van der Waals surface area (Å²) in [6.07, 6.45) is 0. The molecule has 0 aliphatic carbocycles. The molecular weight excluding hydrogens is 416 g/mol. The number of hydrogen-bond acceptors (Lipinski definition) is 5. The molecule has 3 aromatic carbocycles. The summed E-state index contributed by atoms with van der Waals surface area (Å²) >= 11 is 6.19. The lowest BCUT2D eigenvalue weighted by atomic mass is 9.99. The van der Waals surface area contributed by atoms with Gasteiger partial charge in [0.15, 0.2) is 11.5 Å². The monoisotopic (exact) mass is 436 g/mol. The smallest absolute Gasteiger partial charge is 0.344 e. The average molecular weight is 437 g/mol. The van der Waals surface area contributed by atoms with Gasteiger partial charge in [0.1, 0.15) is 17.9 Å². The molecule has 0 aliphatic rings. The zero-order valence-electron chi connectivity index (χ0n) is 17.4. The minimum absolute atomic E-state index is 0.318. The highest BCUT2D eigenvalue weighted by molar-refractivity contribution is 6.31. The molecule has 6 heteroatoms. The van der Waals surface area contributed by atoms with Gasteiger partial charge in [0.2, 0.25) is 0 Å². The Morgan fingerprint density at radius 1 is 0.935 bits per heavy atom. The first-order chi connectivity index (χ1) is 15.0. The Morgan fingerprint density at radius 3 is 2.45 bits per heavy atom. The van der Waals surface area contributed by atoms with Crippen molar-refractivity contribution in [2.75, 3.05) is 14.2 Å². The molecule has 4 rings (SSSR count). The number of ether oxygens (including phenoxy) is 3. The van der Waals surface area contributed by atoms with E-state index < -0.39 is 5.63 Å². The third-order valence-corrected chi connectivity index (χ3v) is 5.53. The molecule has 0 amide bonds. The lowest BCUT2D eigenvalue weighted by molar-refractivity contribution is 0.306. The van der Waals surface area contributed by atoms with Crippen molar-refractivity contribution in [3.63, 3.8) is 0 Å². The first kappa shape index (κ1) is 20.8. The highest BCUT2D eigenvalue weighted by Crippen LogP contribution is 2.34. The zero-order chi connectivity index (χ0) is 22.0. The van der Waals surface area contributed by atoms with Gasteiger partial charge in [-0.25, -0.2) is 4.79 Å². The van der Waals surface area contributed by atoms with Crippen molar-refractivity contribution in [3.05, 3.63) is 87.2 Å². The molecule has 0 saturated carbocycles. The van der Waals surface area contributed by atoms with E-state index in [4.69, 9.17) is 30.2 Å². The molecular formula is C25H21ClO5. The Morgan fingerprint density at radius 2 is 1.71 bits per heavy atom. The second-order valence-electron chi connectivity index (χ2n) is 7.00. The van der Waals surface area contributed by atoms with Crippen LogP contribution in [0.1, 0.15) is 11.1 Å². The highest BCUT2D eigenvalue weighted by atomic mass is 35.5. The number of methoxy groups -OCH3 is 2. The van der Waals surface area contributed by atoms with Gasteiger partial charge >= 0.3 is 5.63 Å². The quantitative estimate of drug-likeness (QED) is 0.346. The van der Waals surface area contributed by atoms with Gasteiger partial charge in [-0.15, -0.1) is 0 Å². The normalized spacial score (nSPS) is 10.8. The third-order valence-electron chi connectivity index (χ3n) is 5.16. The zero-order valence-corrected chi connectivity index (χ0v) is 18.2. The molecule has 1 heterocycles. The van der Waals surface area contributed by atoms with E-state index in [-0.39, 0.29) is 0 Å². The molecule has 158 valence electrons. The van der Waals surface area contributed by atoms with Crippen LogP contribution in [-0.4, -0.2) is 14.2 Å². The van der Waals surface area contributed by atoms with Crippen LogP contribution in [0.3, 0.4) is 0 Å². The van der Waals surface area contributed by atoms with E-state index >= 15 is 0 Å². The van der Waals surface area contributed by atoms with Crippen LogP contribution >= 0.6 is 11.6 Å². The van der Waals surface area contributed by atoms with E-state index in [1.165, 1.54) is 0 Å². The maximum atomic E-state index is 12.8. The van der Waals surface area contributed by atoms with Crippen LogP contribution in [0.15, 0.2) is 69.9 Å². The van der Waals surface area contributed by atoms with Crippen LogP contribution in [0.2, 0.25) is 5.02 Å². The second kappa shape index (κ2) is 8.74. The van der Waals surface area contributed by atoms with E-state index in [9.17, 15) is 4.79 Å². The molecule has 0 spiro atoms. The number of rotatable bonds is 6. The van der Waals surface area contributed by atoms with Gasteiger partial charge in [-0.1, -0.05) is 35.9 Å². The Bertz CT molecular complexity index is 1310. The molecule has 0 bridgehead atoms. The molecule has 0 saturated heterocycles. The maximum absolute atomic E-state index is 12.8. The van der Waals surface area contributed by atoms with Crippen LogP contribution < -0.4 is 19.8 Å². The number of hydrogen-bond donors (Lipinski definition) is 0. The summed E-state index contributed by atoms with van der Waals surface area (Å²) in [4.78, 5) is 12.8. The van der Waals surface area contributed by atoms with Crippen LogP contribution in [0.5, 0.6) is 17.2 Å². The van der Waals surface area contributed by atoms with E-state index in [1.54, 1.807) is 32.4 Å². The second-order valence-corrected chi connectivity index (χ2v) is 7.40. The van der Waals surface area contributed by atoms with Gasteiger partial charge in [-0.05, 0) is 48.4 Å². The largest absolute Gasteiger partial charge is 0.493 e. The van der Waals surface area contributed by atoms with Crippen molar-refractivity contribution in [1.82, 2.24) is 0 Å². The summed E-state index contributed by atoms with van der Waals surface area (Å²) < 4.78 is 22.1. The first-order valence-electron chi connectivity index (χ1n) is 9.68. The highest BCUT2D eigenvalue weighted by Gasteiger charge is 2.16. The lowest BCUT2D eigenvalue weighted by Gasteiger charge is -2.12. The fourth-order valence-corrected chi connectivity index (χ4v) is 3.72. The summed E-state index contributed by atoms with van der Waals surface area (Å²) in [7, 11) is 3.13. The summed E-state index contributed by atoms with van der Waals surface area (Å²) in [6.45, 7) is 2.22. The Labute approximate surface area is 184 Å². The first-order valence-corrected chi connectivity index (χ1v) is 10.1. The fourth-order valence-electron chi connectivity index (χ4n) is 3.53. The van der Waals surface area contributed by atoms with Crippen LogP contribution in [0, 0.1) is 6.92 Å². The molecule has 1 aromatic heterocycles. The van der Waals surface area contributed by atoms with E-state index in [0.29, 0.717) is 45.6 Å². The van der Waals surface area contributed by atoms with E-state index in [0.717, 1.165) is 16.5 Å². The average Bonchev–Trinajstić information content (AvgIpc) is 2.78. The number of benzene rings is 3. The SMILES string of the molecule is COc1ccc(-c2c(C)c3ccc(OCc4ccccc4Cl)cc3oc2=O)cc1OC. The van der Waals surface area contributed by atoms with Gasteiger partial charge in [-0.3, -0.25) is 0 Å². The summed E-state index contributed by atoms with van der Waals surface area (Å²) in [5.41, 5.74) is 2.91. The summed E-state index contributed by atoms with van der Waals surface area (Å²) in [5, 5.41) is 1.47. The van der Waals surface area contributed by atoms with E-state index in [2.05, 4.69) is 0 Å². The van der Waals surface area contributed by atoms with Crippen molar-refractivity contribution < 1.29 is 18.6 Å². The lowest BCUT2D eigenvalue weighted by Crippen LogP contribution is -2.06. The van der Waals surface area contributed by atoms with Gasteiger partial charge in [0.25, 0.3) is 0 Å². The molecule has 0 N–H and O–H groups in total. The van der Waals surface area contributed by atoms with Crippen LogP contribution in [0.4, 0.5) is 0 Å². The molecule has 4 aromatic rings. The fraction of sp³-hybridized carbons (Fsp3) is 0.160. The third kappa shape index (κ3) is 4.09. The van der Waals surface area contributed by atoms with Crippen molar-refractivity contribution in [2.24, 2.45) is 0 Å². The molecule has 0 aliphatic heterocycles. The maximum Gasteiger partial charge on any atom is 0.344 e. The van der Waals surface area contributed by atoms with Crippen molar-refractivity contribution in [3.8, 4) is 28.4 Å². The van der Waals surface area contributed by atoms with Gasteiger partial charge in [0, 0.05) is 22.0 Å². The molecule has 0 fully saturated rings. The Hall–Kier alpha value is -3.44. The van der Waals surface area contributed by atoms with Crippen molar-refractivity contribution in [1.29, 1.82) is 0 Å². The minimum Gasteiger partial charge on any atom is -0.493 e. The van der Waals surface area contributed by atoms with Crippen molar-refractivity contribution >= 4 is 22.6 Å². The summed E-state index contributed by atoms with van der Waals surface area (Å²) in [6, 6.07) is 18.3. The molecule has 0 unspecified atom stereocenters. The van der Waals surface area contributed by atoms with Crippen molar-refractivity contribution in [2.45, 2.75) is 13.5 Å². The number of halogens is 1. The predicted octanol–water partition coefficient (Wildman–Crippen LogP) is 6.02. The Kier molecular flexibility index (Phi) is 5.87. The Balaban J connectivity index is 1.70. The van der Waals surface area contributed by atoms with E-state index in [1.807, 2.05) is 49.4 Å².